The van der Waals surface area contributed by atoms with Crippen LogP contribution in [0.25, 0.3) is 0 Å². The summed E-state index contributed by atoms with van der Waals surface area (Å²) in [5, 5.41) is 21.4. The molecule has 7 nitrogen and oxygen atoms in total. The van der Waals surface area contributed by atoms with Crippen molar-refractivity contribution in [1.82, 2.24) is 10.6 Å². The van der Waals surface area contributed by atoms with Crippen LogP contribution in [0.2, 0.25) is 0 Å². The molecule has 0 saturated heterocycles. The van der Waals surface area contributed by atoms with Crippen molar-refractivity contribution in [3.05, 3.63) is 0 Å². The molecule has 0 aromatic heterocycles. The molecule has 0 bridgehead atoms. The zero-order chi connectivity index (χ0) is 20.3. The number of amides is 1. The predicted molar refractivity (Wildman–Crippen MR) is 117 cm³/mol. The molecule has 0 aliphatic heterocycles. The van der Waals surface area contributed by atoms with E-state index < -0.39 is 12.0 Å². The van der Waals surface area contributed by atoms with Gasteiger partial charge in [-0.3, -0.25) is 10.2 Å². The average molecular weight is 409 g/mol. The Hall–Kier alpha value is -0.790. The second kappa shape index (κ2) is 20.9. The molecule has 0 fully saturated rings. The number of hydrogen-bond acceptors (Lipinski definition) is 3. The summed E-state index contributed by atoms with van der Waals surface area (Å²) in [6, 6.07) is -0.876. The molecular weight excluding hydrogens is 367 g/mol. The van der Waals surface area contributed by atoms with Gasteiger partial charge in [-0.25, -0.2) is 4.79 Å². The molecule has 6 N–H and O–H groups in total. The molecule has 28 heavy (non-hydrogen) atoms. The van der Waals surface area contributed by atoms with Crippen LogP contribution in [0.4, 0.5) is 0 Å². The molecule has 0 rings (SSSR count). The maximum absolute atomic E-state index is 11.9. The summed E-state index contributed by atoms with van der Waals surface area (Å²) in [5.41, 5.74) is 5.17. The van der Waals surface area contributed by atoms with E-state index >= 15 is 0 Å². The van der Waals surface area contributed by atoms with Crippen LogP contribution in [0.3, 0.4) is 0 Å². The molecule has 0 aliphatic rings. The number of aliphatic carboxylic acids is 1. The quantitative estimate of drug-likeness (QED) is 0.103. The minimum atomic E-state index is -1.02. The van der Waals surface area contributed by atoms with Gasteiger partial charge in [0.15, 0.2) is 5.96 Å². The van der Waals surface area contributed by atoms with Crippen LogP contribution >= 0.6 is 0 Å². The van der Waals surface area contributed by atoms with Crippen molar-refractivity contribution in [2.24, 2.45) is 5.73 Å². The van der Waals surface area contributed by atoms with Crippen molar-refractivity contribution in [3.63, 3.8) is 0 Å². The third-order valence-corrected chi connectivity index (χ3v) is 4.63. The van der Waals surface area contributed by atoms with Gasteiger partial charge in [0, 0.05) is 13.0 Å². The molecular formula is C20H41N4NaO3. The number of carboxylic acids is 1. The number of nitrogens with two attached hydrogens (primary N) is 1. The number of hydrogen-bond donors (Lipinski definition) is 5. The number of guanidine groups is 1. The zero-order valence-corrected chi connectivity index (χ0v) is 17.0. The first kappa shape index (κ1) is 29.4. The molecule has 0 saturated carbocycles. The molecule has 0 radical (unpaired) electrons. The van der Waals surface area contributed by atoms with E-state index in [2.05, 4.69) is 17.6 Å². The van der Waals surface area contributed by atoms with E-state index in [1.165, 1.54) is 51.4 Å². The summed E-state index contributed by atoms with van der Waals surface area (Å²) >= 11 is 0. The van der Waals surface area contributed by atoms with E-state index in [0.29, 0.717) is 25.8 Å². The minimum absolute atomic E-state index is 0. The summed E-state index contributed by atoms with van der Waals surface area (Å²) in [5.74, 6) is -1.36. The van der Waals surface area contributed by atoms with Gasteiger partial charge < -0.3 is 21.5 Å². The number of carbonyl (C=O) groups excluding carboxylic acids is 1. The molecule has 1 unspecified atom stereocenters. The van der Waals surface area contributed by atoms with E-state index in [1.54, 1.807) is 0 Å². The number of unbranched alkanes of at least 4 members (excludes halogenated alkanes) is 10. The van der Waals surface area contributed by atoms with Crippen molar-refractivity contribution in [2.45, 2.75) is 103 Å². The Labute approximate surface area is 192 Å². The van der Waals surface area contributed by atoms with Crippen LogP contribution < -0.4 is 16.4 Å². The van der Waals surface area contributed by atoms with Gasteiger partial charge in [0.25, 0.3) is 0 Å². The number of carboxylic acid groups (broad SMARTS) is 1. The normalized spacial score (nSPS) is 11.3. The standard InChI is InChI=1S/C20H40N4O3.Na.H/c1-2-3-4-5-6-7-8-9-10-11-12-15-18(25)24-17(19(26)27)14-13-16-23-20(21)22;;/h17H,2-16H2,1H3,(H,24,25)(H,26,27)(H4,21,22,23);;. The molecule has 8 heteroatoms. The first-order chi connectivity index (χ1) is 13.0. The number of nitrogens with one attached hydrogen (secondary N) is 3. The molecule has 0 aliphatic carbocycles. The Morgan fingerprint density at radius 3 is 1.89 bits per heavy atom. The first-order valence-electron chi connectivity index (χ1n) is 10.6. The van der Waals surface area contributed by atoms with E-state index in [1.807, 2.05) is 0 Å². The third kappa shape index (κ3) is 20.0. The van der Waals surface area contributed by atoms with Crippen molar-refractivity contribution < 1.29 is 14.7 Å². The summed E-state index contributed by atoms with van der Waals surface area (Å²) in [6.07, 6.45) is 14.7. The van der Waals surface area contributed by atoms with E-state index in [9.17, 15) is 14.7 Å². The summed E-state index contributed by atoms with van der Waals surface area (Å²) in [7, 11) is 0. The SMILES string of the molecule is CCCCCCCCCCCCCC(=O)NC(CCCNC(=N)N)C(=O)O.[NaH]. The van der Waals surface area contributed by atoms with Gasteiger partial charge in [-0.15, -0.1) is 0 Å². The van der Waals surface area contributed by atoms with Crippen LogP contribution in [0.5, 0.6) is 0 Å². The predicted octanol–water partition coefficient (Wildman–Crippen LogP) is 2.87. The van der Waals surface area contributed by atoms with Crippen molar-refractivity contribution in [1.29, 1.82) is 5.41 Å². The van der Waals surface area contributed by atoms with Crippen LogP contribution in [-0.2, 0) is 9.59 Å². The Bertz CT molecular complexity index is 422. The van der Waals surface area contributed by atoms with Gasteiger partial charge in [0.2, 0.25) is 5.91 Å². The van der Waals surface area contributed by atoms with Gasteiger partial charge in [0.05, 0.1) is 0 Å². The van der Waals surface area contributed by atoms with Gasteiger partial charge in [0.1, 0.15) is 6.04 Å². The van der Waals surface area contributed by atoms with Crippen molar-refractivity contribution in [3.8, 4) is 0 Å². The Balaban J connectivity index is 0. The van der Waals surface area contributed by atoms with E-state index in [0.717, 1.165) is 19.3 Å². The van der Waals surface area contributed by atoms with Crippen LogP contribution in [-0.4, -0.2) is 65.1 Å². The number of carbonyl (C=O) groups is 2. The van der Waals surface area contributed by atoms with Crippen LogP contribution in [0, 0.1) is 5.41 Å². The molecule has 1 atom stereocenters. The number of rotatable bonds is 18. The van der Waals surface area contributed by atoms with Gasteiger partial charge in [-0.2, -0.15) is 0 Å². The monoisotopic (exact) mass is 408 g/mol. The van der Waals surface area contributed by atoms with E-state index in [4.69, 9.17) is 11.1 Å². The fourth-order valence-electron chi connectivity index (χ4n) is 3.00. The Morgan fingerprint density at radius 2 is 1.43 bits per heavy atom. The third-order valence-electron chi connectivity index (χ3n) is 4.63. The maximum atomic E-state index is 11.9. The Kier molecular flexibility index (Phi) is 22.0. The molecule has 0 aromatic rings. The van der Waals surface area contributed by atoms with Crippen molar-refractivity contribution in [2.75, 3.05) is 6.54 Å². The molecule has 160 valence electrons. The van der Waals surface area contributed by atoms with E-state index in [-0.39, 0.29) is 41.4 Å². The fourth-order valence-corrected chi connectivity index (χ4v) is 3.00. The summed E-state index contributed by atoms with van der Waals surface area (Å²) in [6.45, 7) is 2.66. The molecule has 1 amide bonds. The fraction of sp³-hybridized carbons (Fsp3) is 0.850. The summed E-state index contributed by atoms with van der Waals surface area (Å²) < 4.78 is 0. The van der Waals surface area contributed by atoms with Gasteiger partial charge in [-0.05, 0) is 19.3 Å². The second-order valence-corrected chi connectivity index (χ2v) is 7.23. The van der Waals surface area contributed by atoms with Crippen LogP contribution in [0.15, 0.2) is 0 Å². The van der Waals surface area contributed by atoms with Crippen LogP contribution in [0.1, 0.15) is 96.8 Å². The summed E-state index contributed by atoms with van der Waals surface area (Å²) in [4.78, 5) is 23.1. The first-order valence-corrected chi connectivity index (χ1v) is 10.6. The molecule has 0 aromatic carbocycles. The average Bonchev–Trinajstić information content (AvgIpc) is 2.61. The zero-order valence-electron chi connectivity index (χ0n) is 17.0. The molecule has 0 heterocycles. The van der Waals surface area contributed by atoms with Crippen molar-refractivity contribution >= 4 is 47.4 Å². The molecule has 0 spiro atoms. The van der Waals surface area contributed by atoms with Gasteiger partial charge in [-0.1, -0.05) is 71.1 Å². The topological polar surface area (TPSA) is 128 Å². The Morgan fingerprint density at radius 1 is 0.929 bits per heavy atom. The van der Waals surface area contributed by atoms with Gasteiger partial charge >= 0.3 is 35.5 Å². The second-order valence-electron chi connectivity index (χ2n) is 7.23.